The number of anilines is 6. The molecule has 2 aliphatic heterocycles. The Bertz CT molecular complexity index is 3440. The van der Waals surface area contributed by atoms with Gasteiger partial charge in [-0.25, -0.2) is 0 Å². The van der Waals surface area contributed by atoms with E-state index in [9.17, 15) is 0 Å². The Hall–Kier alpha value is -8.44. The average molecular weight is 887 g/mol. The maximum absolute atomic E-state index is 6.99. The van der Waals surface area contributed by atoms with Gasteiger partial charge in [0.15, 0.2) is 5.58 Å². The zero-order valence-electron chi connectivity index (χ0n) is 37.0. The fourth-order valence-electron chi connectivity index (χ4n) is 11.9. The molecule has 320 valence electrons. The number of fused-ring (bicyclic) bond motifs is 9. The number of benzene rings is 10. The fraction of sp³-hybridized carbons (Fsp3) is 0.0312. The first-order chi connectivity index (χ1) is 33.7. The van der Waals surface area contributed by atoms with E-state index < -0.39 is 10.8 Å². The van der Waals surface area contributed by atoms with Crippen molar-refractivity contribution in [2.45, 2.75) is 10.8 Å². The van der Waals surface area contributed by atoms with E-state index in [0.29, 0.717) is 0 Å². The van der Waals surface area contributed by atoms with Crippen molar-refractivity contribution in [1.29, 1.82) is 0 Å². The molecule has 0 bridgehead atoms. The van der Waals surface area contributed by atoms with Gasteiger partial charge in [0.05, 0.1) is 38.3 Å². The first kappa shape index (κ1) is 38.8. The van der Waals surface area contributed by atoms with Crippen LogP contribution in [0.1, 0.15) is 44.5 Å². The Morgan fingerprint density at radius 1 is 0.324 bits per heavy atom. The van der Waals surface area contributed by atoms with E-state index in [4.69, 9.17) is 4.42 Å². The van der Waals surface area contributed by atoms with Gasteiger partial charge in [-0.15, -0.1) is 11.3 Å². The van der Waals surface area contributed by atoms with Gasteiger partial charge in [0, 0.05) is 32.9 Å². The van der Waals surface area contributed by atoms with Gasteiger partial charge >= 0.3 is 0 Å². The molecule has 0 atom stereocenters. The van der Waals surface area contributed by atoms with Crippen molar-refractivity contribution in [1.82, 2.24) is 0 Å². The first-order valence-corrected chi connectivity index (χ1v) is 24.2. The van der Waals surface area contributed by atoms with Crippen LogP contribution in [0.4, 0.5) is 34.1 Å². The lowest BCUT2D eigenvalue weighted by Crippen LogP contribution is -2.37. The topological polar surface area (TPSA) is 19.6 Å². The maximum Gasteiger partial charge on any atom is 0.154 e. The van der Waals surface area contributed by atoms with Crippen LogP contribution in [0.15, 0.2) is 259 Å². The lowest BCUT2D eigenvalue weighted by atomic mass is 9.62. The second-order valence-electron chi connectivity index (χ2n) is 17.9. The number of furan rings is 1. The van der Waals surface area contributed by atoms with Crippen molar-refractivity contribution in [2.24, 2.45) is 0 Å². The summed E-state index contributed by atoms with van der Waals surface area (Å²) in [6, 6.07) is 93.3. The number of rotatable bonds is 6. The highest BCUT2D eigenvalue weighted by molar-refractivity contribution is 7.26. The van der Waals surface area contributed by atoms with Crippen LogP contribution in [-0.4, -0.2) is 0 Å². The molecule has 0 spiro atoms. The lowest BCUT2D eigenvalue weighted by Gasteiger charge is -2.46. The van der Waals surface area contributed by atoms with E-state index in [-0.39, 0.29) is 0 Å². The molecule has 0 amide bonds. The van der Waals surface area contributed by atoms with Crippen LogP contribution in [0.3, 0.4) is 0 Å². The zero-order chi connectivity index (χ0) is 44.8. The van der Waals surface area contributed by atoms with Gasteiger partial charge in [0.25, 0.3) is 0 Å². The molecule has 4 heterocycles. The van der Waals surface area contributed by atoms with Gasteiger partial charge in [-0.05, 0) is 99.1 Å². The molecule has 0 radical (unpaired) electrons. The van der Waals surface area contributed by atoms with Crippen molar-refractivity contribution in [3.05, 3.63) is 299 Å². The van der Waals surface area contributed by atoms with E-state index in [0.717, 1.165) is 49.4 Å². The largest absolute Gasteiger partial charge is 0.454 e. The summed E-state index contributed by atoms with van der Waals surface area (Å²) >= 11 is 1.81. The Kier molecular flexibility index (Phi) is 8.58. The number of nitrogens with zero attached hydrogens (tertiary/aromatic N) is 2. The van der Waals surface area contributed by atoms with Crippen molar-refractivity contribution in [2.75, 3.05) is 9.80 Å². The zero-order valence-corrected chi connectivity index (χ0v) is 37.8. The van der Waals surface area contributed by atoms with Crippen LogP contribution >= 0.6 is 11.3 Å². The summed E-state index contributed by atoms with van der Waals surface area (Å²) in [6.45, 7) is 0. The molecule has 0 fully saturated rings. The van der Waals surface area contributed by atoms with E-state index in [2.05, 4.69) is 265 Å². The first-order valence-electron chi connectivity index (χ1n) is 23.3. The summed E-state index contributed by atoms with van der Waals surface area (Å²) in [6.07, 6.45) is 0. The second kappa shape index (κ2) is 15.0. The maximum atomic E-state index is 6.99. The molecule has 0 unspecified atom stereocenters. The molecule has 0 saturated heterocycles. The Morgan fingerprint density at radius 3 is 1.06 bits per heavy atom. The van der Waals surface area contributed by atoms with E-state index >= 15 is 0 Å². The summed E-state index contributed by atoms with van der Waals surface area (Å²) in [4.78, 5) is 4.88. The highest BCUT2D eigenvalue weighted by atomic mass is 32.1. The van der Waals surface area contributed by atoms with Crippen LogP contribution < -0.4 is 9.80 Å². The lowest BCUT2D eigenvalue weighted by molar-refractivity contribution is 0.673. The van der Waals surface area contributed by atoms with E-state index in [1.54, 1.807) is 0 Å². The highest BCUT2D eigenvalue weighted by Crippen LogP contribution is 2.60. The molecule has 3 nitrogen and oxygen atoms in total. The smallest absolute Gasteiger partial charge is 0.154 e. The SMILES string of the molecule is c1ccc(C2(c3ccccc3)c3ccccc3N(c3ccc4c(c3)oc3c5ccc(N6c7ccccc7C(c7ccccc7)(c7ccccc7)c7ccccc76)cc5sc43)c3ccccc32)cc1. The van der Waals surface area contributed by atoms with Gasteiger partial charge in [-0.2, -0.15) is 0 Å². The highest BCUT2D eigenvalue weighted by Gasteiger charge is 2.48. The monoisotopic (exact) mass is 886 g/mol. The molecule has 0 saturated carbocycles. The Balaban J connectivity index is 0.903. The Morgan fingerprint density at radius 2 is 0.662 bits per heavy atom. The molecule has 2 aromatic heterocycles. The van der Waals surface area contributed by atoms with Crippen molar-refractivity contribution >= 4 is 76.8 Å². The minimum Gasteiger partial charge on any atom is -0.454 e. The minimum atomic E-state index is -0.521. The second-order valence-corrected chi connectivity index (χ2v) is 19.0. The molecular formula is C64H42N2OS. The standard InChI is InChI=1S/C64H42N2OS/c1-5-21-43(22-6-1)63(44-23-7-2-8-24-44)51-29-13-17-33-55(51)65(56-34-18-14-30-52(56)63)47-37-39-49-59(41-47)67-61-50-40-38-48(42-60(50)68-62(49)61)66-57-35-19-15-31-53(57)64(45-25-9-3-10-26-45,46-27-11-4-12-28-46)54-32-16-20-36-58(54)66/h1-42H. The van der Waals surface area contributed by atoms with Gasteiger partial charge in [-0.3, -0.25) is 0 Å². The molecule has 4 heteroatoms. The van der Waals surface area contributed by atoms with Crippen molar-refractivity contribution in [3.8, 4) is 0 Å². The molecule has 2 aliphatic rings. The summed E-state index contributed by atoms with van der Waals surface area (Å²) in [7, 11) is 0. The Labute approximate surface area is 399 Å². The molecule has 14 rings (SSSR count). The van der Waals surface area contributed by atoms with Crippen LogP contribution in [0.25, 0.3) is 31.3 Å². The summed E-state index contributed by atoms with van der Waals surface area (Å²) in [5, 5.41) is 2.24. The van der Waals surface area contributed by atoms with Crippen LogP contribution in [-0.2, 0) is 10.8 Å². The van der Waals surface area contributed by atoms with Gasteiger partial charge in [0.1, 0.15) is 5.58 Å². The molecule has 68 heavy (non-hydrogen) atoms. The third-order valence-electron chi connectivity index (χ3n) is 14.6. The van der Waals surface area contributed by atoms with Gasteiger partial charge in [0.2, 0.25) is 0 Å². The molecule has 12 aromatic rings. The molecule has 10 aromatic carbocycles. The molecular weight excluding hydrogens is 845 g/mol. The van der Waals surface area contributed by atoms with Crippen molar-refractivity contribution in [3.63, 3.8) is 0 Å². The normalized spacial score (nSPS) is 14.4. The number of thiophene rings is 1. The summed E-state index contributed by atoms with van der Waals surface area (Å²) in [5.74, 6) is 0. The van der Waals surface area contributed by atoms with Gasteiger partial charge < -0.3 is 14.2 Å². The van der Waals surface area contributed by atoms with Gasteiger partial charge in [-0.1, -0.05) is 194 Å². The minimum absolute atomic E-state index is 0.512. The molecule has 0 aliphatic carbocycles. The van der Waals surface area contributed by atoms with Crippen LogP contribution in [0, 0.1) is 0 Å². The predicted molar refractivity (Wildman–Crippen MR) is 282 cm³/mol. The van der Waals surface area contributed by atoms with E-state index in [1.165, 1.54) is 60.6 Å². The quantitative estimate of drug-likeness (QED) is 0.166. The van der Waals surface area contributed by atoms with Crippen LogP contribution in [0.5, 0.6) is 0 Å². The third kappa shape index (κ3) is 5.35. The predicted octanol–water partition coefficient (Wildman–Crippen LogP) is 17.1. The van der Waals surface area contributed by atoms with Crippen LogP contribution in [0.2, 0.25) is 0 Å². The summed E-state index contributed by atoms with van der Waals surface area (Å²) < 4.78 is 9.34. The molecule has 0 N–H and O–H groups in total. The fourth-order valence-corrected chi connectivity index (χ4v) is 13.1. The average Bonchev–Trinajstić information content (AvgIpc) is 3.95. The van der Waals surface area contributed by atoms with E-state index in [1.807, 2.05) is 11.3 Å². The number of hydrogen-bond donors (Lipinski definition) is 0. The number of hydrogen-bond acceptors (Lipinski definition) is 4. The summed E-state index contributed by atoms with van der Waals surface area (Å²) in [5.41, 5.74) is 17.5. The van der Waals surface area contributed by atoms with Crippen molar-refractivity contribution < 1.29 is 4.42 Å². The number of para-hydroxylation sites is 4. The third-order valence-corrected chi connectivity index (χ3v) is 15.8.